The molecular weight excluding hydrogens is 606 g/mol. The zero-order chi connectivity index (χ0) is 35.5. The van der Waals surface area contributed by atoms with E-state index in [4.69, 9.17) is 4.74 Å². The van der Waals surface area contributed by atoms with E-state index >= 15 is 0 Å². The molecule has 0 aromatic heterocycles. The summed E-state index contributed by atoms with van der Waals surface area (Å²) in [6.45, 7) is 17.4. The molecule has 3 amide bonds. The Labute approximate surface area is 289 Å². The van der Waals surface area contributed by atoms with Crippen molar-refractivity contribution < 1.29 is 23.9 Å². The summed E-state index contributed by atoms with van der Waals surface area (Å²) in [4.78, 5) is 62.3. The van der Waals surface area contributed by atoms with Gasteiger partial charge in [-0.05, 0) is 76.7 Å². The molecule has 5 atom stereocenters. The first-order chi connectivity index (χ1) is 22.8. The Morgan fingerprint density at radius 2 is 1.58 bits per heavy atom. The number of esters is 1. The van der Waals surface area contributed by atoms with Gasteiger partial charge in [0.15, 0.2) is 0 Å². The van der Waals surface area contributed by atoms with E-state index in [0.717, 1.165) is 44.5 Å². The number of benzene rings is 1. The van der Waals surface area contributed by atoms with Crippen LogP contribution < -0.4 is 5.32 Å². The van der Waals surface area contributed by atoms with Crippen LogP contribution in [0.5, 0.6) is 0 Å². The molecule has 10 heteroatoms. The molecule has 1 aromatic carbocycles. The van der Waals surface area contributed by atoms with Crippen LogP contribution in [0.1, 0.15) is 92.2 Å². The van der Waals surface area contributed by atoms with E-state index in [1.54, 1.807) is 23.8 Å². The quantitative estimate of drug-likeness (QED) is 0.215. The lowest BCUT2D eigenvalue weighted by atomic mass is 9.96. The summed E-state index contributed by atoms with van der Waals surface area (Å²) in [7, 11) is 3.70. The van der Waals surface area contributed by atoms with Gasteiger partial charge in [-0.15, -0.1) is 0 Å². The van der Waals surface area contributed by atoms with Crippen LogP contribution in [-0.4, -0.2) is 114 Å². The first kappa shape index (κ1) is 39.2. The Balaban J connectivity index is 1.75. The molecule has 0 spiro atoms. The lowest BCUT2D eigenvalue weighted by molar-refractivity contribution is -0.158. The molecule has 1 N–H and O–H groups in total. The summed E-state index contributed by atoms with van der Waals surface area (Å²) in [5.74, 6) is -1.03. The van der Waals surface area contributed by atoms with Gasteiger partial charge in [-0.3, -0.25) is 24.2 Å². The molecule has 2 saturated heterocycles. The van der Waals surface area contributed by atoms with Crippen LogP contribution in [0.3, 0.4) is 0 Å². The van der Waals surface area contributed by atoms with Gasteiger partial charge in [-0.1, -0.05) is 84.4 Å². The van der Waals surface area contributed by atoms with Gasteiger partial charge in [-0.2, -0.15) is 0 Å². The molecule has 2 fully saturated rings. The number of piperidine rings is 1. The first-order valence-electron chi connectivity index (χ1n) is 18.0. The second-order valence-electron chi connectivity index (χ2n) is 14.2. The van der Waals surface area contributed by atoms with Crippen LogP contribution in [0.2, 0.25) is 0 Å². The summed E-state index contributed by atoms with van der Waals surface area (Å²) in [5.41, 5.74) is 1.41. The van der Waals surface area contributed by atoms with Crippen LogP contribution in [0.4, 0.5) is 0 Å². The second kappa shape index (κ2) is 18.5. The Morgan fingerprint density at radius 3 is 2.17 bits per heavy atom. The molecule has 2 heterocycles. The third kappa shape index (κ3) is 10.1. The van der Waals surface area contributed by atoms with Crippen molar-refractivity contribution in [2.24, 2.45) is 11.8 Å². The highest BCUT2D eigenvalue weighted by atomic mass is 16.5. The summed E-state index contributed by atoms with van der Waals surface area (Å²) in [6.07, 6.45) is 5.50. The molecular formula is C38H61N5O5. The maximum absolute atomic E-state index is 13.9. The minimum Gasteiger partial charge on any atom is -0.455 e. The third-order valence-electron chi connectivity index (χ3n) is 10.1. The smallest absolute Gasteiger partial charge is 0.329 e. The molecule has 0 saturated carbocycles. The van der Waals surface area contributed by atoms with E-state index < -0.39 is 18.2 Å². The maximum atomic E-state index is 13.9. The molecule has 5 unspecified atom stereocenters. The van der Waals surface area contributed by atoms with E-state index in [9.17, 15) is 19.2 Å². The number of amides is 3. The zero-order valence-electron chi connectivity index (χ0n) is 30.9. The molecule has 268 valence electrons. The van der Waals surface area contributed by atoms with Gasteiger partial charge in [0, 0.05) is 25.7 Å². The van der Waals surface area contributed by atoms with Gasteiger partial charge in [0.25, 0.3) is 0 Å². The standard InChI is InChI=1S/C38H61N5O5/c1-10-42(11-2)25-33(29-18-13-12-14-19-29)48-38(47)31-21-17-23-43(31)36(45)28(7)24-32(26(3)4)41(9)37(46)34(27(5)6)39-35(44)30-20-15-16-22-40(30)8/h12-14,18-19,24,26-27,30-34H,10-11,15-17,20-23,25H2,1-9H3,(H,39,44)/b28-24+. The van der Waals surface area contributed by atoms with E-state index in [-0.39, 0.29) is 47.6 Å². The van der Waals surface area contributed by atoms with Crippen molar-refractivity contribution in [3.8, 4) is 0 Å². The molecule has 2 aliphatic rings. The van der Waals surface area contributed by atoms with Gasteiger partial charge in [0.2, 0.25) is 17.7 Å². The minimum atomic E-state index is -0.685. The van der Waals surface area contributed by atoms with Crippen LogP contribution in [-0.2, 0) is 23.9 Å². The monoisotopic (exact) mass is 667 g/mol. The molecule has 0 bridgehead atoms. The number of hydrogen-bond donors (Lipinski definition) is 1. The Bertz CT molecular complexity index is 1250. The van der Waals surface area contributed by atoms with Crippen molar-refractivity contribution in [3.05, 3.63) is 47.5 Å². The lowest BCUT2D eigenvalue weighted by Crippen LogP contribution is -2.57. The van der Waals surface area contributed by atoms with Gasteiger partial charge < -0.3 is 19.9 Å². The van der Waals surface area contributed by atoms with Crippen LogP contribution in [0.25, 0.3) is 0 Å². The van der Waals surface area contributed by atoms with Gasteiger partial charge >= 0.3 is 5.97 Å². The van der Waals surface area contributed by atoms with Gasteiger partial charge in [0.1, 0.15) is 18.2 Å². The lowest BCUT2D eigenvalue weighted by Gasteiger charge is -2.36. The van der Waals surface area contributed by atoms with Crippen LogP contribution in [0.15, 0.2) is 42.0 Å². The van der Waals surface area contributed by atoms with Gasteiger partial charge in [-0.25, -0.2) is 4.79 Å². The van der Waals surface area contributed by atoms with Crippen molar-refractivity contribution in [3.63, 3.8) is 0 Å². The molecule has 48 heavy (non-hydrogen) atoms. The fourth-order valence-corrected chi connectivity index (χ4v) is 6.91. The van der Waals surface area contributed by atoms with Crippen molar-refractivity contribution in [1.82, 2.24) is 24.9 Å². The Hall–Kier alpha value is -3.24. The molecule has 0 radical (unpaired) electrons. The van der Waals surface area contributed by atoms with Gasteiger partial charge in [0.05, 0.1) is 12.1 Å². The number of likely N-dealkylation sites (N-methyl/N-ethyl adjacent to an activating group) is 3. The second-order valence-corrected chi connectivity index (χ2v) is 14.2. The number of rotatable bonds is 15. The molecule has 0 aliphatic carbocycles. The predicted molar refractivity (Wildman–Crippen MR) is 190 cm³/mol. The van der Waals surface area contributed by atoms with E-state index in [1.165, 1.54) is 0 Å². The number of likely N-dealkylation sites (tertiary alicyclic amines) is 2. The minimum absolute atomic E-state index is 0.000685. The number of nitrogens with zero attached hydrogens (tertiary/aromatic N) is 4. The number of carbonyl (C=O) groups is 4. The summed E-state index contributed by atoms with van der Waals surface area (Å²) in [6, 6.07) is 7.79. The summed E-state index contributed by atoms with van der Waals surface area (Å²) in [5, 5.41) is 3.05. The van der Waals surface area contributed by atoms with Crippen molar-refractivity contribution in [2.45, 2.75) is 111 Å². The molecule has 1 aromatic rings. The maximum Gasteiger partial charge on any atom is 0.329 e. The fraction of sp³-hybridized carbons (Fsp3) is 0.684. The molecule has 3 rings (SSSR count). The van der Waals surface area contributed by atoms with E-state index in [1.807, 2.05) is 71.2 Å². The summed E-state index contributed by atoms with van der Waals surface area (Å²) >= 11 is 0. The highest BCUT2D eigenvalue weighted by Crippen LogP contribution is 2.26. The average Bonchev–Trinajstić information content (AvgIpc) is 3.57. The van der Waals surface area contributed by atoms with Crippen molar-refractivity contribution in [2.75, 3.05) is 46.8 Å². The Morgan fingerprint density at radius 1 is 0.938 bits per heavy atom. The van der Waals surface area contributed by atoms with Crippen molar-refractivity contribution in [1.29, 1.82) is 0 Å². The number of nitrogens with one attached hydrogen (secondary N) is 1. The fourth-order valence-electron chi connectivity index (χ4n) is 6.91. The zero-order valence-corrected chi connectivity index (χ0v) is 30.9. The van der Waals surface area contributed by atoms with Crippen LogP contribution in [0, 0.1) is 11.8 Å². The topological polar surface area (TPSA) is 102 Å². The van der Waals surface area contributed by atoms with Crippen LogP contribution >= 0.6 is 0 Å². The number of hydrogen-bond acceptors (Lipinski definition) is 7. The summed E-state index contributed by atoms with van der Waals surface area (Å²) < 4.78 is 6.15. The molecule has 10 nitrogen and oxygen atoms in total. The average molecular weight is 668 g/mol. The Kier molecular flexibility index (Phi) is 15.1. The number of ether oxygens (including phenoxy) is 1. The third-order valence-corrected chi connectivity index (χ3v) is 10.1. The highest BCUT2D eigenvalue weighted by molar-refractivity contribution is 5.96. The predicted octanol–water partition coefficient (Wildman–Crippen LogP) is 4.66. The largest absolute Gasteiger partial charge is 0.455 e. The van der Waals surface area contributed by atoms with Crippen molar-refractivity contribution >= 4 is 23.7 Å². The SMILES string of the molecule is CCN(CC)CC(OC(=O)C1CCCN1C(=O)/C(C)=C/C(C(C)C)N(C)C(=O)C(NC(=O)C1CCCCN1C)C(C)C)c1ccccc1. The first-order valence-corrected chi connectivity index (χ1v) is 18.0. The van der Waals surface area contributed by atoms with E-state index in [0.29, 0.717) is 31.5 Å². The number of carbonyl (C=O) groups excluding carboxylic acids is 4. The normalized spacial score (nSPS) is 20.9. The van der Waals surface area contributed by atoms with E-state index in [2.05, 4.69) is 29.0 Å². The molecule has 2 aliphatic heterocycles. The highest BCUT2D eigenvalue weighted by Gasteiger charge is 2.38.